The highest BCUT2D eigenvalue weighted by molar-refractivity contribution is 7.98. The molecule has 0 amide bonds. The van der Waals surface area contributed by atoms with Gasteiger partial charge in [0, 0.05) is 29.2 Å². The van der Waals surface area contributed by atoms with Crippen molar-refractivity contribution in [3.05, 3.63) is 46.0 Å². The first-order valence-electron chi connectivity index (χ1n) is 5.07. The molecule has 0 N–H and O–H groups in total. The predicted octanol–water partition coefficient (Wildman–Crippen LogP) is 3.69. The molecular weight excluding hydrogens is 285 g/mol. The van der Waals surface area contributed by atoms with Crippen LogP contribution < -0.4 is 0 Å². The minimum Gasteiger partial charge on any atom is -0.221 e. The Morgan fingerprint density at radius 1 is 1.17 bits per heavy atom. The van der Waals surface area contributed by atoms with Crippen LogP contribution in [0.4, 0.5) is 13.2 Å². The van der Waals surface area contributed by atoms with Gasteiger partial charge in [-0.3, -0.25) is 0 Å². The zero-order valence-electron chi connectivity index (χ0n) is 8.88. The Bertz CT molecular complexity index is 618. The van der Waals surface area contributed by atoms with Crippen LogP contribution in [0.3, 0.4) is 0 Å². The van der Waals surface area contributed by atoms with E-state index in [1.54, 1.807) is 11.8 Å². The minimum absolute atomic E-state index is 0.0794. The Hall–Kier alpha value is -1.14. The molecule has 0 bridgehead atoms. The normalized spacial score (nSPS) is 14.0. The van der Waals surface area contributed by atoms with Gasteiger partial charge in [-0.25, -0.2) is 17.9 Å². The number of aromatic nitrogens is 2. The van der Waals surface area contributed by atoms with Gasteiger partial charge in [0.1, 0.15) is 5.15 Å². The molecule has 0 fully saturated rings. The number of halogens is 4. The maximum atomic E-state index is 13.2. The largest absolute Gasteiger partial charge is 0.221 e. The first-order chi connectivity index (χ1) is 8.58. The lowest BCUT2D eigenvalue weighted by molar-refractivity contribution is 0.446. The maximum Gasteiger partial charge on any atom is 0.194 e. The lowest BCUT2D eigenvalue weighted by Crippen LogP contribution is -2.01. The average Bonchev–Trinajstić information content (AvgIpc) is 2.89. The van der Waals surface area contributed by atoms with E-state index in [-0.39, 0.29) is 5.69 Å². The first kappa shape index (κ1) is 11.9. The Kier molecular flexibility index (Phi) is 2.79. The van der Waals surface area contributed by atoms with Crippen LogP contribution in [0.25, 0.3) is 5.69 Å². The molecule has 0 spiro atoms. The van der Waals surface area contributed by atoms with Gasteiger partial charge in [0.15, 0.2) is 17.5 Å². The summed E-state index contributed by atoms with van der Waals surface area (Å²) in [6, 6.07) is 1.75. The summed E-state index contributed by atoms with van der Waals surface area (Å²) in [7, 11) is 0. The molecule has 7 heteroatoms. The van der Waals surface area contributed by atoms with Crippen molar-refractivity contribution < 1.29 is 13.2 Å². The maximum absolute atomic E-state index is 13.2. The van der Waals surface area contributed by atoms with E-state index in [0.29, 0.717) is 10.9 Å². The molecule has 2 aromatic rings. The summed E-state index contributed by atoms with van der Waals surface area (Å²) in [6.45, 7) is 0. The molecule has 94 valence electrons. The Morgan fingerprint density at radius 2 is 1.83 bits per heavy atom. The molecule has 1 aromatic heterocycles. The van der Waals surface area contributed by atoms with Gasteiger partial charge in [-0.05, 0) is 0 Å². The lowest BCUT2D eigenvalue weighted by Gasteiger charge is -2.05. The van der Waals surface area contributed by atoms with E-state index in [1.807, 2.05) is 0 Å². The average molecular weight is 291 g/mol. The van der Waals surface area contributed by atoms with E-state index in [1.165, 1.54) is 4.68 Å². The van der Waals surface area contributed by atoms with E-state index >= 15 is 0 Å². The molecule has 0 saturated carbocycles. The van der Waals surface area contributed by atoms with Crippen molar-refractivity contribution in [2.45, 2.75) is 11.5 Å². The Labute approximate surface area is 110 Å². The number of benzene rings is 1. The predicted molar refractivity (Wildman–Crippen MR) is 63.4 cm³/mol. The first-order valence-corrected chi connectivity index (χ1v) is 6.60. The summed E-state index contributed by atoms with van der Waals surface area (Å²) in [5.74, 6) is -2.57. The molecule has 0 unspecified atom stereocenters. The molecular formula is C11H6ClF3N2S. The molecule has 0 saturated heterocycles. The summed E-state index contributed by atoms with van der Waals surface area (Å²) in [5, 5.41) is 4.50. The van der Waals surface area contributed by atoms with Crippen LogP contribution in [0.2, 0.25) is 5.15 Å². The van der Waals surface area contributed by atoms with Crippen molar-refractivity contribution >= 4 is 23.4 Å². The van der Waals surface area contributed by atoms with Gasteiger partial charge in [0.2, 0.25) is 0 Å². The fourth-order valence-electron chi connectivity index (χ4n) is 1.82. The van der Waals surface area contributed by atoms with Crippen LogP contribution in [-0.4, -0.2) is 9.78 Å². The van der Waals surface area contributed by atoms with Gasteiger partial charge in [0.05, 0.1) is 11.4 Å². The van der Waals surface area contributed by atoms with E-state index in [2.05, 4.69) is 5.10 Å². The van der Waals surface area contributed by atoms with Crippen LogP contribution >= 0.6 is 23.4 Å². The van der Waals surface area contributed by atoms with Crippen molar-refractivity contribution in [2.24, 2.45) is 0 Å². The number of thioether (sulfide) groups is 1. The zero-order chi connectivity index (χ0) is 12.9. The number of hydrogen-bond donors (Lipinski definition) is 0. The second-order valence-electron chi connectivity index (χ2n) is 3.84. The molecule has 1 aliphatic rings. The van der Waals surface area contributed by atoms with Crippen molar-refractivity contribution in [2.75, 3.05) is 0 Å². The third-order valence-electron chi connectivity index (χ3n) is 2.70. The highest BCUT2D eigenvalue weighted by Crippen LogP contribution is 2.35. The van der Waals surface area contributed by atoms with Gasteiger partial charge in [-0.15, -0.1) is 0 Å². The van der Waals surface area contributed by atoms with Crippen LogP contribution in [0, 0.1) is 17.5 Å². The molecule has 2 nitrogen and oxygen atoms in total. The summed E-state index contributed by atoms with van der Waals surface area (Å²) >= 11 is 7.77. The van der Waals surface area contributed by atoms with E-state index < -0.39 is 17.5 Å². The molecule has 2 heterocycles. The highest BCUT2D eigenvalue weighted by atomic mass is 35.5. The van der Waals surface area contributed by atoms with Crippen LogP contribution in [-0.2, 0) is 11.5 Å². The van der Waals surface area contributed by atoms with Crippen LogP contribution in [0.15, 0.2) is 12.1 Å². The van der Waals surface area contributed by atoms with E-state index in [4.69, 9.17) is 11.6 Å². The fraction of sp³-hybridized carbons (Fsp3) is 0.182. The summed E-state index contributed by atoms with van der Waals surface area (Å²) in [4.78, 5) is 0. The molecule has 3 rings (SSSR count). The molecule has 1 aromatic carbocycles. The third kappa shape index (κ3) is 1.71. The highest BCUT2D eigenvalue weighted by Gasteiger charge is 2.23. The Balaban J connectivity index is 2.16. The van der Waals surface area contributed by atoms with E-state index in [9.17, 15) is 13.2 Å². The smallest absolute Gasteiger partial charge is 0.194 e. The summed E-state index contributed by atoms with van der Waals surface area (Å²) in [5.41, 5.74) is 1.75. The van der Waals surface area contributed by atoms with Crippen molar-refractivity contribution in [3.8, 4) is 5.69 Å². The van der Waals surface area contributed by atoms with Crippen LogP contribution in [0.1, 0.15) is 11.3 Å². The topological polar surface area (TPSA) is 17.8 Å². The minimum atomic E-state index is -1.50. The van der Waals surface area contributed by atoms with Gasteiger partial charge >= 0.3 is 0 Å². The quantitative estimate of drug-likeness (QED) is 0.746. The summed E-state index contributed by atoms with van der Waals surface area (Å²) < 4.78 is 40.4. The second kappa shape index (κ2) is 4.20. The fourth-order valence-corrected chi connectivity index (χ4v) is 3.24. The number of hydrogen-bond acceptors (Lipinski definition) is 2. The molecule has 0 radical (unpaired) electrons. The SMILES string of the molecule is Fc1cc(-n2nc3c(c2Cl)CSC3)cc(F)c1F. The molecule has 18 heavy (non-hydrogen) atoms. The molecule has 0 atom stereocenters. The number of nitrogens with zero attached hydrogens (tertiary/aromatic N) is 2. The standard InChI is InChI=1S/C11H6ClF3N2S/c12-11-6-3-18-4-9(6)16-17(11)5-1-7(13)10(15)8(14)2-5/h1-2H,3-4H2. The van der Waals surface area contributed by atoms with Crippen molar-refractivity contribution in [3.63, 3.8) is 0 Å². The van der Waals surface area contributed by atoms with Crippen molar-refractivity contribution in [1.29, 1.82) is 0 Å². The van der Waals surface area contributed by atoms with Crippen molar-refractivity contribution in [1.82, 2.24) is 9.78 Å². The van der Waals surface area contributed by atoms with Gasteiger partial charge in [0.25, 0.3) is 0 Å². The zero-order valence-corrected chi connectivity index (χ0v) is 10.5. The summed E-state index contributed by atoms with van der Waals surface area (Å²) in [6.07, 6.45) is 0. The third-order valence-corrected chi connectivity index (χ3v) is 4.06. The second-order valence-corrected chi connectivity index (χ2v) is 5.19. The van der Waals surface area contributed by atoms with E-state index in [0.717, 1.165) is 29.1 Å². The monoisotopic (exact) mass is 290 g/mol. The molecule has 1 aliphatic heterocycles. The van der Waals surface area contributed by atoms with Gasteiger partial charge in [-0.1, -0.05) is 11.6 Å². The molecule has 0 aliphatic carbocycles. The van der Waals surface area contributed by atoms with Gasteiger partial charge in [-0.2, -0.15) is 16.9 Å². The van der Waals surface area contributed by atoms with Gasteiger partial charge < -0.3 is 0 Å². The Morgan fingerprint density at radius 3 is 2.44 bits per heavy atom. The lowest BCUT2D eigenvalue weighted by atomic mass is 10.3. The number of fused-ring (bicyclic) bond motifs is 1. The van der Waals surface area contributed by atoms with Crippen LogP contribution in [0.5, 0.6) is 0 Å². The number of rotatable bonds is 1.